The molecule has 0 aromatic heterocycles. The van der Waals surface area contributed by atoms with Crippen LogP contribution in [0.1, 0.15) is 24.8 Å². The van der Waals surface area contributed by atoms with Gasteiger partial charge in [0.2, 0.25) is 10.0 Å². The summed E-state index contributed by atoms with van der Waals surface area (Å²) in [4.78, 5) is 2.91. The topological polar surface area (TPSA) is 40.6 Å². The van der Waals surface area contributed by atoms with E-state index in [9.17, 15) is 8.42 Å². The molecule has 5 heteroatoms. The monoisotopic (exact) mass is 294 g/mol. The van der Waals surface area contributed by atoms with Crippen LogP contribution in [-0.4, -0.2) is 49.8 Å². The van der Waals surface area contributed by atoms with Crippen molar-refractivity contribution in [3.05, 3.63) is 29.8 Å². The second kappa shape index (κ2) is 5.47. The third-order valence-corrected chi connectivity index (χ3v) is 6.54. The molecular weight excluding hydrogens is 272 g/mol. The van der Waals surface area contributed by atoms with Crippen LogP contribution in [0, 0.1) is 6.92 Å². The molecule has 1 aromatic rings. The van der Waals surface area contributed by atoms with Crippen LogP contribution in [0.2, 0.25) is 0 Å². The SMILES string of the molecule is Cc1ccccc1S(=O)(=O)N1CCN2CCCCC2C1. The fraction of sp³-hybridized carbons (Fsp3) is 0.600. The first-order chi connectivity index (χ1) is 9.59. The molecule has 1 atom stereocenters. The van der Waals surface area contributed by atoms with E-state index in [0.29, 0.717) is 24.0 Å². The highest BCUT2D eigenvalue weighted by atomic mass is 32.2. The number of sulfonamides is 1. The number of piperidine rings is 1. The molecule has 2 saturated heterocycles. The standard InChI is InChI=1S/C15H22N2O2S/c1-13-6-2-3-8-15(13)20(18,19)17-11-10-16-9-5-4-7-14(16)12-17/h2-3,6,8,14H,4-5,7,9-12H2,1H3. The average Bonchev–Trinajstić information content (AvgIpc) is 2.47. The highest BCUT2D eigenvalue weighted by Gasteiger charge is 2.35. The summed E-state index contributed by atoms with van der Waals surface area (Å²) in [6.07, 6.45) is 3.60. The van der Waals surface area contributed by atoms with E-state index in [1.165, 1.54) is 12.8 Å². The molecule has 0 N–H and O–H groups in total. The Labute approximate surface area is 121 Å². The van der Waals surface area contributed by atoms with Crippen LogP contribution in [0.3, 0.4) is 0 Å². The number of hydrogen-bond acceptors (Lipinski definition) is 3. The van der Waals surface area contributed by atoms with Gasteiger partial charge in [-0.1, -0.05) is 24.6 Å². The minimum absolute atomic E-state index is 0.413. The molecule has 0 spiro atoms. The van der Waals surface area contributed by atoms with Crippen molar-refractivity contribution in [1.82, 2.24) is 9.21 Å². The van der Waals surface area contributed by atoms with E-state index < -0.39 is 10.0 Å². The van der Waals surface area contributed by atoms with Crippen LogP contribution >= 0.6 is 0 Å². The lowest BCUT2D eigenvalue weighted by Gasteiger charge is -2.43. The van der Waals surface area contributed by atoms with Crippen LogP contribution in [-0.2, 0) is 10.0 Å². The second-order valence-electron chi connectivity index (χ2n) is 5.81. The molecule has 0 bridgehead atoms. The zero-order valence-electron chi connectivity index (χ0n) is 12.0. The Morgan fingerprint density at radius 3 is 2.70 bits per heavy atom. The van der Waals surface area contributed by atoms with E-state index in [4.69, 9.17) is 0 Å². The molecule has 0 saturated carbocycles. The molecule has 2 heterocycles. The van der Waals surface area contributed by atoms with Crippen molar-refractivity contribution in [3.8, 4) is 0 Å². The highest BCUT2D eigenvalue weighted by molar-refractivity contribution is 7.89. The molecule has 0 aliphatic carbocycles. The predicted octanol–water partition coefficient (Wildman–Crippen LogP) is 1.85. The van der Waals surface area contributed by atoms with Crippen LogP contribution in [0.5, 0.6) is 0 Å². The first kappa shape index (κ1) is 14.0. The number of rotatable bonds is 2. The Hall–Kier alpha value is -0.910. The molecule has 2 aliphatic heterocycles. The molecule has 1 unspecified atom stereocenters. The summed E-state index contributed by atoms with van der Waals surface area (Å²) in [6, 6.07) is 7.68. The first-order valence-corrected chi connectivity index (χ1v) is 8.83. The molecule has 4 nitrogen and oxygen atoms in total. The van der Waals surface area contributed by atoms with Crippen molar-refractivity contribution >= 4 is 10.0 Å². The summed E-state index contributed by atoms with van der Waals surface area (Å²) >= 11 is 0. The minimum Gasteiger partial charge on any atom is -0.298 e. The van der Waals surface area contributed by atoms with Crippen molar-refractivity contribution in [3.63, 3.8) is 0 Å². The van der Waals surface area contributed by atoms with Crippen LogP contribution in [0.25, 0.3) is 0 Å². The number of fused-ring (bicyclic) bond motifs is 1. The number of hydrogen-bond donors (Lipinski definition) is 0. The molecule has 0 amide bonds. The summed E-state index contributed by atoms with van der Waals surface area (Å²) in [6.45, 7) is 5.13. The number of piperazine rings is 1. The van der Waals surface area contributed by atoms with Gasteiger partial charge in [-0.05, 0) is 37.9 Å². The lowest BCUT2D eigenvalue weighted by atomic mass is 10.0. The van der Waals surface area contributed by atoms with Gasteiger partial charge in [0.25, 0.3) is 0 Å². The van der Waals surface area contributed by atoms with Crippen LogP contribution in [0.4, 0.5) is 0 Å². The Morgan fingerprint density at radius 2 is 1.90 bits per heavy atom. The van der Waals surface area contributed by atoms with Crippen LogP contribution < -0.4 is 0 Å². The Kier molecular flexibility index (Phi) is 3.84. The van der Waals surface area contributed by atoms with Gasteiger partial charge in [0.15, 0.2) is 0 Å². The summed E-state index contributed by atoms with van der Waals surface area (Å²) in [7, 11) is -3.34. The molecule has 1 aromatic carbocycles. The molecule has 3 rings (SSSR count). The maximum atomic E-state index is 12.8. The van der Waals surface area contributed by atoms with Gasteiger partial charge in [-0.25, -0.2) is 8.42 Å². The van der Waals surface area contributed by atoms with Crippen molar-refractivity contribution in [2.24, 2.45) is 0 Å². The fourth-order valence-electron chi connectivity index (χ4n) is 3.33. The zero-order valence-corrected chi connectivity index (χ0v) is 12.8. The van der Waals surface area contributed by atoms with Gasteiger partial charge in [0, 0.05) is 25.7 Å². The molecule has 2 aliphatic rings. The summed E-state index contributed by atoms with van der Waals surface area (Å²) in [5.74, 6) is 0. The van der Waals surface area contributed by atoms with Gasteiger partial charge in [0.1, 0.15) is 0 Å². The normalized spacial score (nSPS) is 25.4. The van der Waals surface area contributed by atoms with E-state index >= 15 is 0 Å². The molecule has 110 valence electrons. The quantitative estimate of drug-likeness (QED) is 0.836. The lowest BCUT2D eigenvalue weighted by molar-refractivity contribution is 0.0851. The summed E-state index contributed by atoms with van der Waals surface area (Å²) in [5.41, 5.74) is 0.832. The predicted molar refractivity (Wildman–Crippen MR) is 79.1 cm³/mol. The number of benzene rings is 1. The van der Waals surface area contributed by atoms with Gasteiger partial charge in [-0.2, -0.15) is 4.31 Å². The third-order valence-electron chi connectivity index (χ3n) is 4.51. The molecule has 0 radical (unpaired) electrons. The average molecular weight is 294 g/mol. The van der Waals surface area contributed by atoms with Crippen molar-refractivity contribution in [1.29, 1.82) is 0 Å². The van der Waals surface area contributed by atoms with Gasteiger partial charge in [0.05, 0.1) is 4.90 Å². The Balaban J connectivity index is 1.84. The van der Waals surface area contributed by atoms with Gasteiger partial charge < -0.3 is 0 Å². The summed E-state index contributed by atoms with van der Waals surface area (Å²) in [5, 5.41) is 0. The Morgan fingerprint density at radius 1 is 1.10 bits per heavy atom. The van der Waals surface area contributed by atoms with Gasteiger partial charge >= 0.3 is 0 Å². The third kappa shape index (κ3) is 2.50. The van der Waals surface area contributed by atoms with Crippen molar-refractivity contribution < 1.29 is 8.42 Å². The van der Waals surface area contributed by atoms with Crippen molar-refractivity contribution in [2.45, 2.75) is 37.1 Å². The number of aryl methyl sites for hydroxylation is 1. The first-order valence-electron chi connectivity index (χ1n) is 7.39. The van der Waals surface area contributed by atoms with E-state index in [1.54, 1.807) is 16.4 Å². The van der Waals surface area contributed by atoms with Crippen LogP contribution in [0.15, 0.2) is 29.2 Å². The Bertz CT molecular complexity index is 585. The molecule has 20 heavy (non-hydrogen) atoms. The van der Waals surface area contributed by atoms with E-state index in [-0.39, 0.29) is 0 Å². The minimum atomic E-state index is -3.34. The van der Waals surface area contributed by atoms with E-state index in [1.807, 2.05) is 19.1 Å². The molecule has 2 fully saturated rings. The van der Waals surface area contributed by atoms with E-state index in [2.05, 4.69) is 4.90 Å². The smallest absolute Gasteiger partial charge is 0.243 e. The van der Waals surface area contributed by atoms with Gasteiger partial charge in [-0.15, -0.1) is 0 Å². The van der Waals surface area contributed by atoms with Crippen molar-refractivity contribution in [2.75, 3.05) is 26.2 Å². The largest absolute Gasteiger partial charge is 0.298 e. The molecular formula is C15H22N2O2S. The lowest BCUT2D eigenvalue weighted by Crippen LogP contribution is -2.56. The highest BCUT2D eigenvalue weighted by Crippen LogP contribution is 2.26. The maximum absolute atomic E-state index is 12.8. The maximum Gasteiger partial charge on any atom is 0.243 e. The van der Waals surface area contributed by atoms with Gasteiger partial charge in [-0.3, -0.25) is 4.90 Å². The number of nitrogens with zero attached hydrogens (tertiary/aromatic N) is 2. The second-order valence-corrected chi connectivity index (χ2v) is 7.72. The zero-order chi connectivity index (χ0) is 14.2. The summed E-state index contributed by atoms with van der Waals surface area (Å²) < 4.78 is 27.3. The van der Waals surface area contributed by atoms with E-state index in [0.717, 1.165) is 25.1 Å². The fourth-order valence-corrected chi connectivity index (χ4v) is 5.02.